The first-order chi connectivity index (χ1) is 4.72. The molecule has 1 atom stereocenters. The summed E-state index contributed by atoms with van der Waals surface area (Å²) in [5, 5.41) is 10.6. The molecule has 1 unspecified atom stereocenters. The second kappa shape index (κ2) is 3.11. The Hall–Kier alpha value is -0.0800. The Balaban J connectivity index is 4.35. The maximum absolute atomic E-state index is 10.6. The first-order valence-corrected chi connectivity index (χ1v) is 4.11. The molecule has 1 radical (unpaired) electrons. The molecule has 0 fully saturated rings. The Morgan fingerprint density at radius 2 is 1.45 bits per heavy atom. The van der Waals surface area contributed by atoms with Gasteiger partial charge in [0.05, 0.1) is 0 Å². The van der Waals surface area contributed by atoms with E-state index in [-0.39, 0.29) is 11.0 Å². The van der Waals surface area contributed by atoms with Crippen LogP contribution in [0.3, 0.4) is 0 Å². The second-order valence-corrected chi connectivity index (χ2v) is 4.91. The Morgan fingerprint density at radius 1 is 1.09 bits per heavy atom. The lowest BCUT2D eigenvalue weighted by molar-refractivity contribution is -0.0357. The Labute approximate surface area is 70.0 Å². The third-order valence-electron chi connectivity index (χ3n) is 2.64. The Morgan fingerprint density at radius 3 is 1.55 bits per heavy atom. The summed E-state index contributed by atoms with van der Waals surface area (Å²) in [4.78, 5) is 0. The summed E-state index contributed by atoms with van der Waals surface area (Å²) >= 11 is 0. The van der Waals surface area contributed by atoms with Crippen LogP contribution in [0.15, 0.2) is 0 Å². The zero-order valence-electron chi connectivity index (χ0n) is 8.49. The quantitative estimate of drug-likeness (QED) is 0.615. The van der Waals surface area contributed by atoms with Crippen molar-refractivity contribution in [2.45, 2.75) is 47.1 Å². The summed E-state index contributed by atoms with van der Waals surface area (Å²) in [6.45, 7) is 12.4. The largest absolute Gasteiger partial charge is 0.162 e. The summed E-state index contributed by atoms with van der Waals surface area (Å²) in [6.07, 6.45) is 0. The van der Waals surface area contributed by atoms with Crippen molar-refractivity contribution in [2.24, 2.45) is 11.3 Å². The highest BCUT2D eigenvalue weighted by Gasteiger charge is 2.34. The molecule has 0 spiro atoms. The highest BCUT2D eigenvalue weighted by atomic mass is 16.5. The summed E-state index contributed by atoms with van der Waals surface area (Å²) < 4.78 is 0. The van der Waals surface area contributed by atoms with Crippen molar-refractivity contribution in [2.75, 3.05) is 0 Å². The minimum absolute atomic E-state index is 0.181. The first kappa shape index (κ1) is 10.9. The zero-order valence-corrected chi connectivity index (χ0v) is 8.49. The molecule has 0 saturated carbocycles. The van der Waals surface area contributed by atoms with Crippen LogP contribution in [0.2, 0.25) is 0 Å². The van der Waals surface area contributed by atoms with E-state index in [1.165, 1.54) is 0 Å². The molecular weight excluding hydrogens is 138 g/mol. The topological polar surface area (TPSA) is 31.9 Å². The number of rotatable bonds is 2. The van der Waals surface area contributed by atoms with Gasteiger partial charge in [-0.05, 0) is 25.2 Å². The van der Waals surface area contributed by atoms with Gasteiger partial charge in [0.15, 0.2) is 0 Å². The number of hydrogen-bond donors (Lipinski definition) is 1. The van der Waals surface area contributed by atoms with Crippen molar-refractivity contribution >= 4 is 0 Å². The average Bonchev–Trinajstić information content (AvgIpc) is 1.84. The summed E-state index contributed by atoms with van der Waals surface area (Å²) in [5.74, 6) is 0.354. The van der Waals surface area contributed by atoms with Gasteiger partial charge in [-0.15, -0.1) is 5.21 Å². The third-order valence-corrected chi connectivity index (χ3v) is 2.64. The van der Waals surface area contributed by atoms with Crippen LogP contribution in [0.4, 0.5) is 0 Å². The molecule has 0 saturated heterocycles. The Kier molecular flexibility index (Phi) is 3.09. The summed E-state index contributed by atoms with van der Waals surface area (Å²) in [5.41, 5.74) is 1.96. The van der Waals surface area contributed by atoms with E-state index in [2.05, 4.69) is 33.2 Å². The van der Waals surface area contributed by atoms with Crippen LogP contribution in [0, 0.1) is 11.3 Å². The van der Waals surface area contributed by atoms with Crippen molar-refractivity contribution in [3.8, 4) is 0 Å². The molecule has 0 amide bonds. The molecule has 0 aromatic heterocycles. The van der Waals surface area contributed by atoms with Crippen molar-refractivity contribution in [1.29, 1.82) is 0 Å². The number of nitrogens with one attached hydrogen (secondary N) is 1. The SMILES string of the molecule is CC(C(C)(C)C)C(C)(C)N[O]. The zero-order chi connectivity index (χ0) is 9.28. The molecule has 0 aromatic carbocycles. The minimum atomic E-state index is -0.321. The fourth-order valence-corrected chi connectivity index (χ4v) is 1.17. The molecule has 2 nitrogen and oxygen atoms in total. The maximum atomic E-state index is 10.6. The monoisotopic (exact) mass is 158 g/mol. The standard InChI is InChI=1S/C9H20NO/c1-7(8(2,3)4)9(5,6)10-11/h7,10H,1-6H3. The van der Waals surface area contributed by atoms with E-state index < -0.39 is 0 Å². The highest BCUT2D eigenvalue weighted by molar-refractivity contribution is 4.87. The predicted molar refractivity (Wildman–Crippen MR) is 46.5 cm³/mol. The van der Waals surface area contributed by atoms with Crippen LogP contribution in [0.5, 0.6) is 0 Å². The Bertz CT molecular complexity index is 124. The molecule has 67 valence electrons. The molecule has 0 aliphatic heterocycles. The average molecular weight is 158 g/mol. The van der Waals surface area contributed by atoms with Gasteiger partial charge < -0.3 is 0 Å². The van der Waals surface area contributed by atoms with Gasteiger partial charge in [-0.25, -0.2) is 0 Å². The van der Waals surface area contributed by atoms with Crippen LogP contribution in [-0.4, -0.2) is 5.54 Å². The molecule has 0 aromatic rings. The lowest BCUT2D eigenvalue weighted by Gasteiger charge is -2.38. The molecule has 11 heavy (non-hydrogen) atoms. The van der Waals surface area contributed by atoms with Gasteiger partial charge in [0.25, 0.3) is 0 Å². The van der Waals surface area contributed by atoms with Crippen molar-refractivity contribution in [1.82, 2.24) is 5.48 Å². The van der Waals surface area contributed by atoms with E-state index in [1.54, 1.807) is 0 Å². The van der Waals surface area contributed by atoms with Crippen LogP contribution in [-0.2, 0) is 5.21 Å². The number of hydroxylamine groups is 1. The van der Waals surface area contributed by atoms with Crippen molar-refractivity contribution < 1.29 is 5.21 Å². The summed E-state index contributed by atoms with van der Waals surface area (Å²) in [7, 11) is 0. The lowest BCUT2D eigenvalue weighted by atomic mass is 9.72. The minimum Gasteiger partial charge on any atom is -0.162 e. The van der Waals surface area contributed by atoms with Gasteiger partial charge in [-0.1, -0.05) is 27.7 Å². The smallest absolute Gasteiger partial charge is 0.0437 e. The maximum Gasteiger partial charge on any atom is 0.0437 e. The van der Waals surface area contributed by atoms with E-state index in [4.69, 9.17) is 0 Å². The van der Waals surface area contributed by atoms with Crippen molar-refractivity contribution in [3.05, 3.63) is 0 Å². The fraction of sp³-hybridized carbons (Fsp3) is 1.00. The molecule has 0 bridgehead atoms. The summed E-state index contributed by atoms with van der Waals surface area (Å²) in [6, 6.07) is 0. The third kappa shape index (κ3) is 2.80. The molecule has 2 heteroatoms. The van der Waals surface area contributed by atoms with E-state index in [9.17, 15) is 5.21 Å². The van der Waals surface area contributed by atoms with E-state index in [0.717, 1.165) is 0 Å². The van der Waals surface area contributed by atoms with Gasteiger partial charge in [-0.3, -0.25) is 0 Å². The molecule has 0 aliphatic rings. The highest BCUT2D eigenvalue weighted by Crippen LogP contribution is 2.33. The van der Waals surface area contributed by atoms with Gasteiger partial charge in [0, 0.05) is 5.54 Å². The van der Waals surface area contributed by atoms with E-state index in [0.29, 0.717) is 5.92 Å². The first-order valence-electron chi connectivity index (χ1n) is 4.11. The van der Waals surface area contributed by atoms with E-state index >= 15 is 0 Å². The molecule has 1 N–H and O–H groups in total. The fourth-order valence-electron chi connectivity index (χ4n) is 1.17. The van der Waals surface area contributed by atoms with Crippen LogP contribution in [0.25, 0.3) is 0 Å². The number of hydrogen-bond acceptors (Lipinski definition) is 1. The van der Waals surface area contributed by atoms with Crippen LogP contribution < -0.4 is 5.48 Å². The molecular formula is C9H20NO. The molecule has 0 aliphatic carbocycles. The van der Waals surface area contributed by atoms with Crippen LogP contribution in [0.1, 0.15) is 41.5 Å². The van der Waals surface area contributed by atoms with Crippen molar-refractivity contribution in [3.63, 3.8) is 0 Å². The van der Waals surface area contributed by atoms with Crippen LogP contribution >= 0.6 is 0 Å². The van der Waals surface area contributed by atoms with E-state index in [1.807, 2.05) is 13.8 Å². The van der Waals surface area contributed by atoms with Gasteiger partial charge in [0.1, 0.15) is 0 Å². The lowest BCUT2D eigenvalue weighted by Crippen LogP contribution is -2.47. The molecule has 0 heterocycles. The van der Waals surface area contributed by atoms with Gasteiger partial charge in [0.2, 0.25) is 0 Å². The van der Waals surface area contributed by atoms with Gasteiger partial charge >= 0.3 is 0 Å². The second-order valence-electron chi connectivity index (χ2n) is 4.91. The predicted octanol–water partition coefficient (Wildman–Crippen LogP) is 2.38. The normalized spacial score (nSPS) is 16.6. The van der Waals surface area contributed by atoms with Gasteiger partial charge in [-0.2, -0.15) is 5.48 Å². The molecule has 0 rings (SSSR count).